The molecule has 0 unspecified atom stereocenters. The molecule has 4 heteroatoms. The van der Waals surface area contributed by atoms with Gasteiger partial charge in [-0.3, -0.25) is 0 Å². The molecular weight excluding hydrogens is 1140 g/mol. The van der Waals surface area contributed by atoms with Gasteiger partial charge >= 0.3 is 0 Å². The number of phenols is 1. The van der Waals surface area contributed by atoms with E-state index in [0.717, 1.165) is 104 Å². The molecule has 94 heavy (non-hydrogen) atoms. The van der Waals surface area contributed by atoms with Crippen LogP contribution in [0.1, 0.15) is 190 Å². The molecule has 1 N–H and O–H groups in total. The molecule has 2 aliphatic carbocycles. The summed E-state index contributed by atoms with van der Waals surface area (Å²) >= 11 is 0. The van der Waals surface area contributed by atoms with Crippen LogP contribution in [0.15, 0.2) is 217 Å². The third kappa shape index (κ3) is 10.8. The predicted molar refractivity (Wildman–Crippen MR) is 402 cm³/mol. The summed E-state index contributed by atoms with van der Waals surface area (Å²) in [4.78, 5) is 5.00. The van der Waals surface area contributed by atoms with E-state index in [2.05, 4.69) is 291 Å². The fourth-order valence-corrected chi connectivity index (χ4v) is 16.4. The first-order valence-electron chi connectivity index (χ1n) is 35.1. The maximum absolute atomic E-state index is 13.5. The van der Waals surface area contributed by atoms with E-state index in [-0.39, 0.29) is 16.6 Å². The van der Waals surface area contributed by atoms with Crippen molar-refractivity contribution >= 4 is 88.4 Å². The Kier molecular flexibility index (Phi) is 15.8. The van der Waals surface area contributed by atoms with Gasteiger partial charge in [-0.15, -0.1) is 0 Å². The van der Waals surface area contributed by atoms with Gasteiger partial charge in [0.05, 0.1) is 22.7 Å². The number of benzene rings is 12. The van der Waals surface area contributed by atoms with Crippen molar-refractivity contribution in [1.29, 1.82) is 0 Å². The number of aromatic hydroxyl groups is 1. The predicted octanol–water partition coefficient (Wildman–Crippen LogP) is 27.1. The van der Waals surface area contributed by atoms with Crippen LogP contribution in [0.25, 0.3) is 87.6 Å². The van der Waals surface area contributed by atoms with Crippen molar-refractivity contribution < 1.29 is 9.52 Å². The Hall–Kier alpha value is -9.12. The third-order valence-corrected chi connectivity index (χ3v) is 21.4. The lowest BCUT2D eigenvalue weighted by Crippen LogP contribution is -2.16. The highest BCUT2D eigenvalue weighted by atomic mass is 16.3. The summed E-state index contributed by atoms with van der Waals surface area (Å²) in [5, 5.41) is 23.4. The Morgan fingerprint density at radius 2 is 0.787 bits per heavy atom. The molecule has 0 bridgehead atoms. The quantitative estimate of drug-likeness (QED) is 0.117. The molecule has 0 atom stereocenters. The number of hydrogen-bond donors (Lipinski definition) is 1. The summed E-state index contributed by atoms with van der Waals surface area (Å²) in [7, 11) is 0. The van der Waals surface area contributed by atoms with Gasteiger partial charge in [0.2, 0.25) is 0 Å². The molecule has 0 radical (unpaired) electrons. The third-order valence-electron chi connectivity index (χ3n) is 21.4. The van der Waals surface area contributed by atoms with Crippen LogP contribution in [-0.4, -0.2) is 5.11 Å². The molecule has 4 nitrogen and oxygen atoms in total. The number of nitrogens with zero attached hydrogens (tertiary/aromatic N) is 2. The minimum absolute atomic E-state index is 0.108. The van der Waals surface area contributed by atoms with Gasteiger partial charge in [0.25, 0.3) is 0 Å². The molecule has 12 aromatic carbocycles. The molecule has 2 aliphatic rings. The second-order valence-corrected chi connectivity index (χ2v) is 30.2. The van der Waals surface area contributed by atoms with Crippen LogP contribution >= 0.6 is 0 Å². The van der Waals surface area contributed by atoms with Gasteiger partial charge in [0.15, 0.2) is 5.58 Å². The molecule has 0 aliphatic heterocycles. The van der Waals surface area contributed by atoms with Crippen molar-refractivity contribution in [2.45, 2.75) is 168 Å². The number of furan rings is 1. The van der Waals surface area contributed by atoms with Gasteiger partial charge in [-0.05, 0) is 192 Å². The summed E-state index contributed by atoms with van der Waals surface area (Å²) in [5.41, 5.74) is 22.2. The Balaban J connectivity index is 1.03. The number of hydrogen-bond acceptors (Lipinski definition) is 4. The van der Waals surface area contributed by atoms with Crippen LogP contribution < -0.4 is 9.80 Å². The topological polar surface area (TPSA) is 39.9 Å². The van der Waals surface area contributed by atoms with Gasteiger partial charge in [-0.25, -0.2) is 0 Å². The highest BCUT2D eigenvalue weighted by Gasteiger charge is 2.33. The molecular formula is C90H90N2O2. The number of anilines is 6. The summed E-state index contributed by atoms with van der Waals surface area (Å²) in [5.74, 6) is 1.71. The Morgan fingerprint density at radius 3 is 1.34 bits per heavy atom. The minimum atomic E-state index is -0.132. The monoisotopic (exact) mass is 1230 g/mol. The Bertz CT molecular complexity index is 4990. The van der Waals surface area contributed by atoms with E-state index in [1.165, 1.54) is 115 Å². The average Bonchev–Trinajstić information content (AvgIpc) is 0.736. The first-order chi connectivity index (χ1) is 45.5. The summed E-state index contributed by atoms with van der Waals surface area (Å²) < 4.78 is 7.55. The van der Waals surface area contributed by atoms with Crippen molar-refractivity contribution in [2.24, 2.45) is 0 Å². The molecule has 0 spiro atoms. The minimum Gasteiger partial charge on any atom is -0.505 e. The SMILES string of the molecule is CC(C)c1ccccc1-c1cccc(-c2cccc(N(c3cccc(C(C)(C)C)c3)c3cc(C4CCCCC4)c4ccc5c(N(c6cccc(C(C)(C)C)c6)c6cccc7c6oc6c(-c8ccccc8C(C)C)cccc67)cc(C6CCCCC6)c6ccc3c4c65)c2O)c1. The number of fused-ring (bicyclic) bond motifs is 3. The van der Waals surface area contributed by atoms with Gasteiger partial charge in [0, 0.05) is 44.0 Å². The fourth-order valence-electron chi connectivity index (χ4n) is 16.4. The Morgan fingerprint density at radius 1 is 0.362 bits per heavy atom. The summed E-state index contributed by atoms with van der Waals surface area (Å²) in [6, 6.07) is 79.9. The van der Waals surface area contributed by atoms with E-state index < -0.39 is 0 Å². The maximum atomic E-state index is 13.5. The van der Waals surface area contributed by atoms with Crippen LogP contribution in [0.4, 0.5) is 34.1 Å². The second kappa shape index (κ2) is 24.3. The molecule has 1 heterocycles. The molecule has 1 aromatic heterocycles. The van der Waals surface area contributed by atoms with Crippen molar-refractivity contribution in [2.75, 3.05) is 9.80 Å². The van der Waals surface area contributed by atoms with E-state index in [1.807, 2.05) is 0 Å². The van der Waals surface area contributed by atoms with Gasteiger partial charge in [-0.2, -0.15) is 0 Å². The molecule has 2 saturated carbocycles. The highest BCUT2D eigenvalue weighted by Crippen LogP contribution is 2.56. The molecule has 13 aromatic rings. The molecule has 0 amide bonds. The van der Waals surface area contributed by atoms with Crippen molar-refractivity contribution in [1.82, 2.24) is 0 Å². The number of rotatable bonds is 13. The van der Waals surface area contributed by atoms with Crippen LogP contribution in [0.3, 0.4) is 0 Å². The normalized spacial score (nSPS) is 14.6. The van der Waals surface area contributed by atoms with Gasteiger partial charge in [0.1, 0.15) is 11.3 Å². The molecule has 472 valence electrons. The van der Waals surface area contributed by atoms with Crippen LogP contribution in [-0.2, 0) is 10.8 Å². The standard InChI is InChI=1S/C90H90N2O2/c1-56(2)66-37-17-19-39-68(66)60-31-21-32-61(51-60)69-41-25-45-80(86(69)93)91(64-35-22-33-62(52-64)89(5,6)7)82-54-78(58-27-13-11-14-28-58)71-48-50-77-83(55-79(59-29-15-12-16-30-59)72-47-49-76(82)84(71)85(72)77)92(65-36-23-34-63(53-65)90(8,9)10)81-46-26-44-75-74-43-24-42-73(87(74)94-88(75)81)70-40-20-18-38-67(70)57(3)4/h17-26,31-59,93H,11-16,27-30H2,1-10H3. The largest absolute Gasteiger partial charge is 0.505 e. The van der Waals surface area contributed by atoms with Crippen molar-refractivity contribution in [3.63, 3.8) is 0 Å². The average molecular weight is 1230 g/mol. The fraction of sp³-hybridized carbons (Fsp3) is 0.289. The van der Waals surface area contributed by atoms with Crippen molar-refractivity contribution in [3.05, 3.63) is 246 Å². The second-order valence-electron chi connectivity index (χ2n) is 30.2. The molecule has 2 fully saturated rings. The maximum Gasteiger partial charge on any atom is 0.159 e. The molecule has 15 rings (SSSR count). The summed E-state index contributed by atoms with van der Waals surface area (Å²) in [6.07, 6.45) is 12.0. The van der Waals surface area contributed by atoms with E-state index >= 15 is 0 Å². The van der Waals surface area contributed by atoms with E-state index in [1.54, 1.807) is 0 Å². The highest BCUT2D eigenvalue weighted by molar-refractivity contribution is 6.30. The molecule has 0 saturated heterocycles. The van der Waals surface area contributed by atoms with Gasteiger partial charge in [-0.1, -0.05) is 265 Å². The lowest BCUT2D eigenvalue weighted by molar-refractivity contribution is 0.445. The van der Waals surface area contributed by atoms with Crippen LogP contribution in [0, 0.1) is 0 Å². The number of para-hydroxylation sites is 3. The lowest BCUT2D eigenvalue weighted by atomic mass is 9.77. The Labute approximate surface area is 557 Å². The zero-order chi connectivity index (χ0) is 64.7. The smallest absolute Gasteiger partial charge is 0.159 e. The first kappa shape index (κ1) is 61.1. The van der Waals surface area contributed by atoms with Gasteiger partial charge < -0.3 is 19.3 Å². The summed E-state index contributed by atoms with van der Waals surface area (Å²) in [6.45, 7) is 23.0. The van der Waals surface area contributed by atoms with Crippen molar-refractivity contribution in [3.8, 4) is 39.1 Å². The van der Waals surface area contributed by atoms with E-state index in [0.29, 0.717) is 23.7 Å². The zero-order valence-electron chi connectivity index (χ0n) is 56.8. The first-order valence-corrected chi connectivity index (χ1v) is 35.1. The lowest BCUT2D eigenvalue weighted by Gasteiger charge is -2.34. The number of phenolic OH excluding ortho intramolecular Hbond substituents is 1. The zero-order valence-corrected chi connectivity index (χ0v) is 56.8. The van der Waals surface area contributed by atoms with E-state index in [4.69, 9.17) is 4.42 Å². The van der Waals surface area contributed by atoms with Crippen LogP contribution in [0.5, 0.6) is 5.75 Å². The van der Waals surface area contributed by atoms with E-state index in [9.17, 15) is 5.11 Å². The van der Waals surface area contributed by atoms with Crippen LogP contribution in [0.2, 0.25) is 0 Å².